The molecule has 172 valence electrons. The van der Waals surface area contributed by atoms with E-state index in [1.165, 1.54) is 0 Å². The van der Waals surface area contributed by atoms with Crippen molar-refractivity contribution in [2.24, 2.45) is 0 Å². The lowest BCUT2D eigenvalue weighted by atomic mass is 10.1. The molecule has 1 aliphatic rings. The minimum atomic E-state index is 0.0193. The number of nitrogens with zero attached hydrogens (tertiary/aromatic N) is 6. The van der Waals surface area contributed by atoms with Gasteiger partial charge in [-0.05, 0) is 46.2 Å². The molecule has 5 rings (SSSR count). The number of anilines is 1. The third-order valence-electron chi connectivity index (χ3n) is 6.08. The molecule has 0 spiro atoms. The number of thiazole rings is 1. The maximum absolute atomic E-state index is 13.8. The van der Waals surface area contributed by atoms with Crippen molar-refractivity contribution in [1.29, 1.82) is 0 Å². The van der Waals surface area contributed by atoms with Crippen LogP contribution in [-0.2, 0) is 0 Å². The number of carbonyl (C=O) groups is 1. The molecule has 0 bridgehead atoms. The van der Waals surface area contributed by atoms with Gasteiger partial charge in [-0.25, -0.2) is 14.6 Å². The SMILES string of the molecule is Cc1cc(-c2cc(C(=O)N3CCCN(c4nccs4)CC3)c3cnn(C(C)C)c3n2)c(C)o1. The number of pyridine rings is 1. The van der Waals surface area contributed by atoms with E-state index >= 15 is 0 Å². The van der Waals surface area contributed by atoms with Gasteiger partial charge in [0.2, 0.25) is 0 Å². The van der Waals surface area contributed by atoms with Crippen LogP contribution in [0.5, 0.6) is 0 Å². The second-order valence-electron chi connectivity index (χ2n) is 8.75. The number of aromatic nitrogens is 4. The summed E-state index contributed by atoms with van der Waals surface area (Å²) < 4.78 is 7.63. The number of rotatable bonds is 4. The molecule has 8 nitrogen and oxygen atoms in total. The first kappa shape index (κ1) is 21.6. The topological polar surface area (TPSA) is 80.3 Å². The fraction of sp³-hybridized carbons (Fsp3) is 0.417. The zero-order valence-corrected chi connectivity index (χ0v) is 20.2. The van der Waals surface area contributed by atoms with E-state index in [0.717, 1.165) is 58.5 Å². The molecule has 1 amide bonds. The highest BCUT2D eigenvalue weighted by molar-refractivity contribution is 7.13. The Morgan fingerprint density at radius 2 is 2.00 bits per heavy atom. The molecule has 5 heterocycles. The van der Waals surface area contributed by atoms with Crippen LogP contribution in [0.1, 0.15) is 48.2 Å². The second-order valence-corrected chi connectivity index (χ2v) is 9.62. The molecule has 0 atom stereocenters. The van der Waals surface area contributed by atoms with Crippen molar-refractivity contribution >= 4 is 33.4 Å². The molecule has 9 heteroatoms. The molecule has 1 saturated heterocycles. The number of aryl methyl sites for hydroxylation is 2. The Morgan fingerprint density at radius 3 is 2.70 bits per heavy atom. The van der Waals surface area contributed by atoms with Gasteiger partial charge in [0.15, 0.2) is 10.8 Å². The Labute approximate surface area is 196 Å². The van der Waals surface area contributed by atoms with Crippen LogP contribution >= 0.6 is 11.3 Å². The average Bonchev–Trinajstić information content (AvgIpc) is 3.49. The van der Waals surface area contributed by atoms with Gasteiger partial charge in [-0.2, -0.15) is 5.10 Å². The van der Waals surface area contributed by atoms with Gasteiger partial charge < -0.3 is 14.2 Å². The fourth-order valence-corrected chi connectivity index (χ4v) is 5.15. The number of hydrogen-bond acceptors (Lipinski definition) is 7. The van der Waals surface area contributed by atoms with E-state index in [9.17, 15) is 4.79 Å². The van der Waals surface area contributed by atoms with E-state index in [-0.39, 0.29) is 11.9 Å². The predicted molar refractivity (Wildman–Crippen MR) is 130 cm³/mol. The first-order valence-electron chi connectivity index (χ1n) is 11.3. The van der Waals surface area contributed by atoms with E-state index in [2.05, 4.69) is 28.8 Å². The van der Waals surface area contributed by atoms with E-state index in [4.69, 9.17) is 9.40 Å². The molecule has 1 aliphatic heterocycles. The molecular formula is C24H28N6O2S. The Kier molecular flexibility index (Phi) is 5.65. The highest BCUT2D eigenvalue weighted by Crippen LogP contribution is 2.31. The smallest absolute Gasteiger partial charge is 0.254 e. The highest BCUT2D eigenvalue weighted by Gasteiger charge is 2.26. The van der Waals surface area contributed by atoms with Crippen molar-refractivity contribution in [2.75, 3.05) is 31.1 Å². The molecule has 0 aliphatic carbocycles. The average molecular weight is 465 g/mol. The summed E-state index contributed by atoms with van der Waals surface area (Å²) in [7, 11) is 0. The van der Waals surface area contributed by atoms with Gasteiger partial charge in [0.1, 0.15) is 11.5 Å². The van der Waals surface area contributed by atoms with Crippen molar-refractivity contribution < 1.29 is 9.21 Å². The summed E-state index contributed by atoms with van der Waals surface area (Å²) in [6.07, 6.45) is 4.50. The normalized spacial score (nSPS) is 14.9. The monoisotopic (exact) mass is 464 g/mol. The molecule has 0 radical (unpaired) electrons. The molecule has 0 aromatic carbocycles. The minimum absolute atomic E-state index is 0.0193. The number of fused-ring (bicyclic) bond motifs is 1. The molecule has 33 heavy (non-hydrogen) atoms. The largest absolute Gasteiger partial charge is 0.466 e. The van der Waals surface area contributed by atoms with Crippen LogP contribution in [0.2, 0.25) is 0 Å². The van der Waals surface area contributed by atoms with Gasteiger partial charge in [0.25, 0.3) is 5.91 Å². The first-order valence-corrected chi connectivity index (χ1v) is 12.2. The van der Waals surface area contributed by atoms with Crippen molar-refractivity contribution in [3.8, 4) is 11.3 Å². The van der Waals surface area contributed by atoms with E-state index < -0.39 is 0 Å². The lowest BCUT2D eigenvalue weighted by molar-refractivity contribution is 0.0769. The van der Waals surface area contributed by atoms with Crippen LogP contribution in [0.3, 0.4) is 0 Å². The van der Waals surface area contributed by atoms with Crippen LogP contribution < -0.4 is 4.90 Å². The third-order valence-corrected chi connectivity index (χ3v) is 6.91. The number of amides is 1. The molecule has 0 unspecified atom stereocenters. The predicted octanol–water partition coefficient (Wildman–Crippen LogP) is 4.70. The Morgan fingerprint density at radius 1 is 1.15 bits per heavy atom. The van der Waals surface area contributed by atoms with Crippen LogP contribution in [0, 0.1) is 13.8 Å². The van der Waals surface area contributed by atoms with Crippen molar-refractivity contribution in [2.45, 2.75) is 40.2 Å². The van der Waals surface area contributed by atoms with Gasteiger partial charge in [-0.3, -0.25) is 4.79 Å². The molecular weight excluding hydrogens is 436 g/mol. The summed E-state index contributed by atoms with van der Waals surface area (Å²) in [5.74, 6) is 1.64. The van der Waals surface area contributed by atoms with Gasteiger partial charge in [0.05, 0.1) is 22.8 Å². The van der Waals surface area contributed by atoms with Gasteiger partial charge in [-0.15, -0.1) is 11.3 Å². The summed E-state index contributed by atoms with van der Waals surface area (Å²) in [4.78, 5) is 27.4. The van der Waals surface area contributed by atoms with Crippen LogP contribution in [0.25, 0.3) is 22.3 Å². The number of carbonyl (C=O) groups excluding carboxylic acids is 1. The van der Waals surface area contributed by atoms with Crippen LogP contribution in [-0.4, -0.2) is 56.7 Å². The minimum Gasteiger partial charge on any atom is -0.466 e. The van der Waals surface area contributed by atoms with E-state index in [1.54, 1.807) is 17.5 Å². The lowest BCUT2D eigenvalue weighted by Crippen LogP contribution is -2.35. The first-order chi connectivity index (χ1) is 15.9. The number of hydrogen-bond donors (Lipinski definition) is 0. The van der Waals surface area contributed by atoms with E-state index in [0.29, 0.717) is 18.7 Å². The maximum Gasteiger partial charge on any atom is 0.254 e. The lowest BCUT2D eigenvalue weighted by Gasteiger charge is -2.22. The Balaban J connectivity index is 1.53. The fourth-order valence-electron chi connectivity index (χ4n) is 4.45. The quantitative estimate of drug-likeness (QED) is 0.436. The van der Waals surface area contributed by atoms with Gasteiger partial charge in [-0.1, -0.05) is 0 Å². The standard InChI is InChI=1S/C24H28N6O2S/c1-15(2)30-22-20(14-26-30)19(13-21(27-22)18-12-16(3)32-17(18)4)23(31)28-7-5-8-29(10-9-28)24-25-6-11-33-24/h6,11-15H,5,7-10H2,1-4H3. The summed E-state index contributed by atoms with van der Waals surface area (Å²) >= 11 is 1.64. The Bertz CT molecular complexity index is 1290. The van der Waals surface area contributed by atoms with Gasteiger partial charge in [0, 0.05) is 49.4 Å². The van der Waals surface area contributed by atoms with E-state index in [1.807, 2.05) is 47.1 Å². The van der Waals surface area contributed by atoms with Crippen LogP contribution in [0.15, 0.2) is 34.3 Å². The van der Waals surface area contributed by atoms with Gasteiger partial charge >= 0.3 is 0 Å². The molecule has 1 fully saturated rings. The second kappa shape index (κ2) is 8.62. The molecule has 4 aromatic rings. The number of furan rings is 1. The molecule has 0 saturated carbocycles. The summed E-state index contributed by atoms with van der Waals surface area (Å²) in [5.41, 5.74) is 3.01. The zero-order chi connectivity index (χ0) is 23.1. The maximum atomic E-state index is 13.8. The summed E-state index contributed by atoms with van der Waals surface area (Å²) in [5, 5.41) is 8.35. The summed E-state index contributed by atoms with van der Waals surface area (Å²) in [6.45, 7) is 11.0. The van der Waals surface area contributed by atoms with Crippen molar-refractivity contribution in [3.63, 3.8) is 0 Å². The summed E-state index contributed by atoms with van der Waals surface area (Å²) in [6, 6.07) is 4.01. The zero-order valence-electron chi connectivity index (χ0n) is 19.4. The molecule has 0 N–H and O–H groups in total. The third kappa shape index (κ3) is 4.01. The molecule has 4 aromatic heterocycles. The Hall–Kier alpha value is -3.20. The highest BCUT2D eigenvalue weighted by atomic mass is 32.1. The van der Waals surface area contributed by atoms with Crippen molar-refractivity contribution in [3.05, 3.63) is 47.0 Å². The van der Waals surface area contributed by atoms with Crippen LogP contribution in [0.4, 0.5) is 5.13 Å². The van der Waals surface area contributed by atoms with Crippen molar-refractivity contribution in [1.82, 2.24) is 24.6 Å².